The van der Waals surface area contributed by atoms with Crippen LogP contribution in [-0.2, 0) is 0 Å². The number of phenols is 1. The van der Waals surface area contributed by atoms with Crippen molar-refractivity contribution in [1.29, 1.82) is 5.26 Å². The first-order valence-electron chi connectivity index (χ1n) is 7.50. The molecule has 120 valence electrons. The van der Waals surface area contributed by atoms with Gasteiger partial charge in [-0.1, -0.05) is 29.8 Å². The molecule has 0 amide bonds. The van der Waals surface area contributed by atoms with E-state index in [0.29, 0.717) is 5.56 Å². The van der Waals surface area contributed by atoms with Crippen molar-refractivity contribution in [3.05, 3.63) is 59.1 Å². The molecule has 0 saturated carbocycles. The Morgan fingerprint density at radius 1 is 1.13 bits per heavy atom. The fourth-order valence-corrected chi connectivity index (χ4v) is 3.59. The molecule has 0 unspecified atom stereocenters. The molecule has 0 spiro atoms. The summed E-state index contributed by atoms with van der Waals surface area (Å²) in [4.78, 5) is 1.41. The van der Waals surface area contributed by atoms with Crippen LogP contribution in [-0.4, -0.2) is 23.4 Å². The summed E-state index contributed by atoms with van der Waals surface area (Å²) in [5.41, 5.74) is 0.375. The highest BCUT2D eigenvalue weighted by Crippen LogP contribution is 2.28. The molecule has 1 heterocycles. The molecule has 1 aliphatic heterocycles. The largest absolute Gasteiger partial charge is 0.508 e. The lowest BCUT2D eigenvalue weighted by Crippen LogP contribution is -2.29. The Labute approximate surface area is 146 Å². The molecule has 2 aromatic carbocycles. The first-order valence-corrected chi connectivity index (χ1v) is 8.76. The van der Waals surface area contributed by atoms with E-state index in [9.17, 15) is 0 Å². The third-order valence-corrected chi connectivity index (χ3v) is 5.07. The van der Waals surface area contributed by atoms with E-state index in [1.165, 1.54) is 49.0 Å². The van der Waals surface area contributed by atoms with Gasteiger partial charge < -0.3 is 10.4 Å². The highest BCUT2D eigenvalue weighted by atomic mass is 35.5. The maximum atomic E-state index is 8.84. The van der Waals surface area contributed by atoms with E-state index in [0.717, 1.165) is 5.25 Å². The molecule has 3 nitrogen and oxygen atoms in total. The summed E-state index contributed by atoms with van der Waals surface area (Å²) >= 11 is 7.57. The van der Waals surface area contributed by atoms with Gasteiger partial charge in [-0.3, -0.25) is 0 Å². The van der Waals surface area contributed by atoms with Gasteiger partial charge in [0.1, 0.15) is 11.8 Å². The molecule has 0 aliphatic carbocycles. The monoisotopic (exact) mass is 346 g/mol. The molecule has 5 heteroatoms. The van der Waals surface area contributed by atoms with Crippen molar-refractivity contribution < 1.29 is 5.11 Å². The number of hydrogen-bond donors (Lipinski definition) is 2. The van der Waals surface area contributed by atoms with E-state index >= 15 is 0 Å². The smallest absolute Gasteiger partial charge is 0.117 e. The predicted molar refractivity (Wildman–Crippen MR) is 96.0 cm³/mol. The van der Waals surface area contributed by atoms with E-state index in [4.69, 9.17) is 22.0 Å². The fourth-order valence-electron chi connectivity index (χ4n) is 2.20. The van der Waals surface area contributed by atoms with Gasteiger partial charge in [-0.2, -0.15) is 5.26 Å². The Kier molecular flexibility index (Phi) is 7.28. The summed E-state index contributed by atoms with van der Waals surface area (Å²) in [6.45, 7) is 2.37. The van der Waals surface area contributed by atoms with E-state index < -0.39 is 0 Å². The van der Waals surface area contributed by atoms with Crippen molar-refractivity contribution in [2.24, 2.45) is 0 Å². The van der Waals surface area contributed by atoms with Gasteiger partial charge in [0, 0.05) is 10.1 Å². The minimum atomic E-state index is 0.0731. The van der Waals surface area contributed by atoms with Crippen LogP contribution in [0.4, 0.5) is 0 Å². The number of thioether (sulfide) groups is 1. The lowest BCUT2D eigenvalue weighted by atomic mass is 10.2. The zero-order valence-corrected chi connectivity index (χ0v) is 14.3. The highest BCUT2D eigenvalue weighted by Gasteiger charge is 2.13. The zero-order chi connectivity index (χ0) is 16.5. The summed E-state index contributed by atoms with van der Waals surface area (Å²) in [7, 11) is 0. The third kappa shape index (κ3) is 6.15. The molecular formula is C18H19ClN2OS. The Morgan fingerprint density at radius 3 is 2.43 bits per heavy atom. The van der Waals surface area contributed by atoms with Gasteiger partial charge in [0.05, 0.1) is 10.6 Å². The van der Waals surface area contributed by atoms with Crippen molar-refractivity contribution in [2.75, 3.05) is 13.1 Å². The lowest BCUT2D eigenvalue weighted by molar-refractivity contribution is 0.475. The fraction of sp³-hybridized carbons (Fsp3) is 0.278. The van der Waals surface area contributed by atoms with Crippen LogP contribution < -0.4 is 5.32 Å². The summed E-state index contributed by atoms with van der Waals surface area (Å²) in [5, 5.41) is 21.7. The molecule has 0 bridgehead atoms. The predicted octanol–water partition coefficient (Wildman–Crippen LogP) is 4.45. The van der Waals surface area contributed by atoms with Gasteiger partial charge in [-0.25, -0.2) is 0 Å². The second-order valence-electron chi connectivity index (χ2n) is 5.16. The first kappa shape index (κ1) is 17.7. The van der Waals surface area contributed by atoms with Crippen LogP contribution in [0, 0.1) is 11.3 Å². The molecule has 0 atom stereocenters. The topological polar surface area (TPSA) is 56.0 Å². The van der Waals surface area contributed by atoms with Crippen molar-refractivity contribution in [1.82, 2.24) is 5.32 Å². The third-order valence-electron chi connectivity index (χ3n) is 3.41. The van der Waals surface area contributed by atoms with E-state index in [-0.39, 0.29) is 10.8 Å². The van der Waals surface area contributed by atoms with E-state index in [2.05, 4.69) is 35.6 Å². The average Bonchev–Trinajstić information content (AvgIpc) is 2.57. The number of rotatable bonds is 2. The molecule has 1 aliphatic rings. The second-order valence-corrected chi connectivity index (χ2v) is 6.94. The molecule has 1 saturated heterocycles. The average molecular weight is 347 g/mol. The van der Waals surface area contributed by atoms with Crippen LogP contribution in [0.2, 0.25) is 5.02 Å². The maximum absolute atomic E-state index is 8.84. The minimum absolute atomic E-state index is 0.0731. The number of hydrogen-bond acceptors (Lipinski definition) is 4. The molecule has 0 radical (unpaired) electrons. The summed E-state index contributed by atoms with van der Waals surface area (Å²) in [6.07, 6.45) is 2.61. The zero-order valence-electron chi connectivity index (χ0n) is 12.7. The van der Waals surface area contributed by atoms with Gasteiger partial charge in [0.15, 0.2) is 0 Å². The molecule has 2 aromatic rings. The maximum Gasteiger partial charge on any atom is 0.117 e. The van der Waals surface area contributed by atoms with E-state index in [1.807, 2.05) is 17.8 Å². The van der Waals surface area contributed by atoms with Crippen LogP contribution in [0.1, 0.15) is 18.4 Å². The van der Waals surface area contributed by atoms with Crippen molar-refractivity contribution >= 4 is 23.4 Å². The Balaban J connectivity index is 0.000000174. The van der Waals surface area contributed by atoms with Gasteiger partial charge in [0.25, 0.3) is 0 Å². The first-order chi connectivity index (χ1) is 11.2. The molecular weight excluding hydrogens is 328 g/mol. The SMILES string of the molecule is N#Cc1ccc(O)cc1Cl.c1ccc(SC2CCNCC2)cc1. The molecule has 23 heavy (non-hydrogen) atoms. The number of nitrogens with one attached hydrogen (secondary N) is 1. The van der Waals surface area contributed by atoms with Gasteiger partial charge in [-0.15, -0.1) is 11.8 Å². The molecule has 2 N–H and O–H groups in total. The number of aromatic hydroxyl groups is 1. The highest BCUT2D eigenvalue weighted by molar-refractivity contribution is 8.00. The van der Waals surface area contributed by atoms with Crippen molar-refractivity contribution in [3.63, 3.8) is 0 Å². The second kappa shape index (κ2) is 9.46. The number of nitrogens with zero attached hydrogens (tertiary/aromatic N) is 1. The molecule has 0 aromatic heterocycles. The van der Waals surface area contributed by atoms with Crippen LogP contribution >= 0.6 is 23.4 Å². The molecule has 1 fully saturated rings. The van der Waals surface area contributed by atoms with Crippen molar-refractivity contribution in [3.8, 4) is 11.8 Å². The Bertz CT molecular complexity index is 652. The number of halogens is 1. The Hall–Kier alpha value is -1.67. The van der Waals surface area contributed by atoms with Gasteiger partial charge >= 0.3 is 0 Å². The minimum Gasteiger partial charge on any atom is -0.508 e. The van der Waals surface area contributed by atoms with Crippen LogP contribution in [0.5, 0.6) is 5.75 Å². The standard InChI is InChI=1S/C11H15NS.C7H4ClNO/c1-2-4-10(5-3-1)13-11-6-8-12-9-7-11;8-7-3-6(10)2-1-5(7)4-9/h1-5,11-12H,6-9H2;1-3,10H. The number of phenolic OH excluding ortho intramolecular Hbond substituents is 1. The van der Waals surface area contributed by atoms with Crippen LogP contribution in [0.3, 0.4) is 0 Å². The van der Waals surface area contributed by atoms with Crippen LogP contribution in [0.25, 0.3) is 0 Å². The van der Waals surface area contributed by atoms with Crippen molar-refractivity contribution in [2.45, 2.75) is 23.0 Å². The van der Waals surface area contributed by atoms with Gasteiger partial charge in [0.2, 0.25) is 0 Å². The Morgan fingerprint density at radius 2 is 1.83 bits per heavy atom. The quantitative estimate of drug-likeness (QED) is 0.843. The summed E-state index contributed by atoms with van der Waals surface area (Å²) in [5.74, 6) is 0.0731. The lowest BCUT2D eigenvalue weighted by Gasteiger charge is -2.21. The number of benzene rings is 2. The van der Waals surface area contributed by atoms with Crippen LogP contribution in [0.15, 0.2) is 53.4 Å². The molecule has 3 rings (SSSR count). The summed E-state index contributed by atoms with van der Waals surface area (Å²) in [6, 6.07) is 16.8. The van der Waals surface area contributed by atoms with Gasteiger partial charge in [-0.05, 0) is 56.3 Å². The van der Waals surface area contributed by atoms with E-state index in [1.54, 1.807) is 0 Å². The number of piperidine rings is 1. The summed E-state index contributed by atoms with van der Waals surface area (Å²) < 4.78 is 0. The number of nitriles is 1. The normalized spacial score (nSPS) is 14.4.